The molecule has 2 unspecified atom stereocenters. The molecule has 2 bridgehead atoms. The Labute approximate surface area is 271 Å². The average Bonchev–Trinajstić information content (AvgIpc) is 3.66. The number of aliphatic hydroxyl groups excluding tert-OH is 1. The molecular formula is C36H44ClN3O5. The molecule has 3 amide bonds. The Hall–Kier alpha value is -3.46. The SMILES string of the molecule is C=CCN(C(=O)[C@H]1[C@H]2C(=O)N(CCCCCCO)C(C(=O)N(CC=C)c3ccccc3Cl)C23CC[C@]1(CC)O3)c1ccccc1. The van der Waals surface area contributed by atoms with Gasteiger partial charge in [0.2, 0.25) is 11.8 Å². The molecule has 0 aliphatic carbocycles. The van der Waals surface area contributed by atoms with E-state index < -0.39 is 29.1 Å². The Morgan fingerprint density at radius 1 is 0.978 bits per heavy atom. The van der Waals surface area contributed by atoms with Gasteiger partial charge in [-0.25, -0.2) is 0 Å². The molecule has 0 saturated carbocycles. The molecule has 5 rings (SSSR count). The second-order valence-electron chi connectivity index (χ2n) is 12.3. The molecule has 9 heteroatoms. The van der Waals surface area contributed by atoms with Crippen molar-refractivity contribution in [3.05, 3.63) is 84.9 Å². The fraction of sp³-hybridized carbons (Fsp3) is 0.472. The summed E-state index contributed by atoms with van der Waals surface area (Å²) >= 11 is 6.60. The van der Waals surface area contributed by atoms with Crippen LogP contribution in [0.15, 0.2) is 79.9 Å². The molecule has 45 heavy (non-hydrogen) atoms. The number of hydrogen-bond acceptors (Lipinski definition) is 5. The number of carbonyl (C=O) groups is 3. The molecule has 3 aliphatic rings. The van der Waals surface area contributed by atoms with E-state index in [4.69, 9.17) is 16.3 Å². The van der Waals surface area contributed by atoms with Crippen LogP contribution < -0.4 is 9.80 Å². The number of unbranched alkanes of at least 4 members (excludes halogenated alkanes) is 3. The number of likely N-dealkylation sites (tertiary alicyclic amines) is 1. The maximum Gasteiger partial charge on any atom is 0.253 e. The Balaban J connectivity index is 1.59. The fourth-order valence-corrected chi connectivity index (χ4v) is 8.08. The lowest BCUT2D eigenvalue weighted by Crippen LogP contribution is -2.56. The summed E-state index contributed by atoms with van der Waals surface area (Å²) in [4.78, 5) is 49.1. The highest BCUT2D eigenvalue weighted by molar-refractivity contribution is 6.34. The molecule has 3 aliphatic heterocycles. The molecule has 2 aromatic rings. The molecule has 2 aromatic carbocycles. The van der Waals surface area contributed by atoms with Crippen molar-refractivity contribution < 1.29 is 24.2 Å². The average molecular weight is 634 g/mol. The van der Waals surface area contributed by atoms with Crippen LogP contribution in [0.4, 0.5) is 11.4 Å². The van der Waals surface area contributed by atoms with Crippen molar-refractivity contribution in [2.24, 2.45) is 11.8 Å². The van der Waals surface area contributed by atoms with Crippen LogP contribution in [0, 0.1) is 11.8 Å². The number of rotatable bonds is 15. The topological polar surface area (TPSA) is 90.4 Å². The number of amides is 3. The van der Waals surface area contributed by atoms with Crippen LogP contribution in [-0.2, 0) is 19.1 Å². The smallest absolute Gasteiger partial charge is 0.253 e. The molecular weight excluding hydrogens is 590 g/mol. The first-order valence-corrected chi connectivity index (χ1v) is 16.4. The Morgan fingerprint density at radius 2 is 1.64 bits per heavy atom. The number of hydrogen-bond donors (Lipinski definition) is 1. The van der Waals surface area contributed by atoms with Crippen LogP contribution in [0.1, 0.15) is 51.9 Å². The van der Waals surface area contributed by atoms with Crippen LogP contribution >= 0.6 is 11.6 Å². The van der Waals surface area contributed by atoms with Gasteiger partial charge in [0.05, 0.1) is 28.1 Å². The summed E-state index contributed by atoms with van der Waals surface area (Å²) in [5, 5.41) is 9.67. The van der Waals surface area contributed by atoms with E-state index in [9.17, 15) is 19.5 Å². The number of fused-ring (bicyclic) bond motifs is 1. The van der Waals surface area contributed by atoms with Crippen molar-refractivity contribution in [1.29, 1.82) is 0 Å². The zero-order valence-corrected chi connectivity index (χ0v) is 26.8. The van der Waals surface area contributed by atoms with Crippen molar-refractivity contribution in [3.63, 3.8) is 0 Å². The molecule has 3 fully saturated rings. The third-order valence-electron chi connectivity index (χ3n) is 9.85. The first-order valence-electron chi connectivity index (χ1n) is 16.1. The van der Waals surface area contributed by atoms with Crippen LogP contribution in [0.5, 0.6) is 0 Å². The summed E-state index contributed by atoms with van der Waals surface area (Å²) < 4.78 is 7.02. The maximum absolute atomic E-state index is 14.8. The van der Waals surface area contributed by atoms with Gasteiger partial charge in [-0.15, -0.1) is 13.2 Å². The van der Waals surface area contributed by atoms with E-state index in [1.165, 1.54) is 0 Å². The summed E-state index contributed by atoms with van der Waals surface area (Å²) in [6.45, 7) is 10.7. The van der Waals surface area contributed by atoms with Gasteiger partial charge in [-0.3, -0.25) is 14.4 Å². The number of benzene rings is 2. The van der Waals surface area contributed by atoms with Crippen LogP contribution in [-0.4, -0.2) is 71.2 Å². The van der Waals surface area contributed by atoms with Gasteiger partial charge in [-0.2, -0.15) is 0 Å². The van der Waals surface area contributed by atoms with Gasteiger partial charge in [0.1, 0.15) is 11.6 Å². The van der Waals surface area contributed by atoms with Crippen LogP contribution in [0.2, 0.25) is 5.02 Å². The van der Waals surface area contributed by atoms with Gasteiger partial charge in [-0.05, 0) is 56.4 Å². The zero-order chi connectivity index (χ0) is 32.2. The Kier molecular flexibility index (Phi) is 10.2. The Morgan fingerprint density at radius 3 is 2.31 bits per heavy atom. The van der Waals surface area contributed by atoms with Crippen molar-refractivity contribution >= 4 is 40.7 Å². The number of anilines is 2. The zero-order valence-electron chi connectivity index (χ0n) is 26.1. The summed E-state index contributed by atoms with van der Waals surface area (Å²) in [5.41, 5.74) is -0.774. The Bertz CT molecular complexity index is 1420. The second-order valence-corrected chi connectivity index (χ2v) is 12.7. The first kappa shape index (κ1) is 32.9. The van der Waals surface area contributed by atoms with Crippen molar-refractivity contribution in [2.75, 3.05) is 36.0 Å². The van der Waals surface area contributed by atoms with Gasteiger partial charge < -0.3 is 24.5 Å². The molecule has 3 heterocycles. The van der Waals surface area contributed by atoms with Crippen LogP contribution in [0.25, 0.3) is 0 Å². The lowest BCUT2D eigenvalue weighted by atomic mass is 9.64. The van der Waals surface area contributed by atoms with Crippen molar-refractivity contribution in [3.8, 4) is 0 Å². The summed E-state index contributed by atoms with van der Waals surface area (Å²) in [6.07, 6.45) is 7.89. The van der Waals surface area contributed by atoms with E-state index in [1.54, 1.807) is 45.1 Å². The van der Waals surface area contributed by atoms with E-state index in [0.717, 1.165) is 18.5 Å². The molecule has 0 radical (unpaired) electrons. The minimum Gasteiger partial charge on any atom is -0.396 e. The van der Waals surface area contributed by atoms with Crippen LogP contribution in [0.3, 0.4) is 0 Å². The van der Waals surface area contributed by atoms with E-state index in [-0.39, 0.29) is 37.4 Å². The highest BCUT2D eigenvalue weighted by Crippen LogP contribution is 2.65. The summed E-state index contributed by atoms with van der Waals surface area (Å²) in [6, 6.07) is 15.6. The standard InChI is InChI=1S/C36H44ClN3O5/c1-4-22-38(26-16-10-9-11-17-26)32(42)29-30-33(43)40(24-14-7-8-15-25-41)31(36(30)21-20-35(29,6-3)45-36)34(44)39(23-5-2)28-19-13-12-18-27(28)37/h4-5,9-13,16-19,29-31,41H,1-2,6-8,14-15,20-25H2,3H3/t29-,30+,31?,35+,36?/m1/s1. The van der Waals surface area contributed by atoms with E-state index >= 15 is 0 Å². The van der Waals surface area contributed by atoms with Gasteiger partial charge in [0.15, 0.2) is 0 Å². The molecule has 5 atom stereocenters. The second kappa shape index (κ2) is 13.9. The molecule has 240 valence electrons. The highest BCUT2D eigenvalue weighted by atomic mass is 35.5. The van der Waals surface area contributed by atoms with E-state index in [1.807, 2.05) is 43.3 Å². The third kappa shape index (κ3) is 5.73. The molecule has 3 saturated heterocycles. The predicted octanol–water partition coefficient (Wildman–Crippen LogP) is 5.79. The monoisotopic (exact) mass is 633 g/mol. The highest BCUT2D eigenvalue weighted by Gasteiger charge is 2.79. The number of ether oxygens (including phenoxy) is 1. The normalized spacial score (nSPS) is 26.5. The van der Waals surface area contributed by atoms with Gasteiger partial charge in [0.25, 0.3) is 5.91 Å². The van der Waals surface area contributed by atoms with Crippen molar-refractivity contribution in [2.45, 2.75) is 69.1 Å². The largest absolute Gasteiger partial charge is 0.396 e. The minimum atomic E-state index is -1.16. The number of halogens is 1. The maximum atomic E-state index is 14.8. The number of para-hydroxylation sites is 2. The van der Waals surface area contributed by atoms with E-state index in [2.05, 4.69) is 13.2 Å². The van der Waals surface area contributed by atoms with E-state index in [0.29, 0.717) is 49.4 Å². The lowest BCUT2D eigenvalue weighted by Gasteiger charge is -2.37. The quantitative estimate of drug-likeness (QED) is 0.198. The number of aliphatic hydroxyl groups is 1. The molecule has 0 aromatic heterocycles. The molecule has 1 spiro atoms. The molecule has 1 N–H and O–H groups in total. The lowest BCUT2D eigenvalue weighted by molar-refractivity contribution is -0.146. The third-order valence-corrected chi connectivity index (χ3v) is 10.2. The number of nitrogens with zero attached hydrogens (tertiary/aromatic N) is 3. The fourth-order valence-electron chi connectivity index (χ4n) is 7.84. The summed E-state index contributed by atoms with van der Waals surface area (Å²) in [5.74, 6) is -2.26. The number of carbonyl (C=O) groups excluding carboxylic acids is 3. The minimum absolute atomic E-state index is 0.114. The van der Waals surface area contributed by atoms with Crippen molar-refractivity contribution in [1.82, 2.24) is 4.90 Å². The predicted molar refractivity (Wildman–Crippen MR) is 177 cm³/mol. The summed E-state index contributed by atoms with van der Waals surface area (Å²) in [7, 11) is 0. The van der Waals surface area contributed by atoms with Gasteiger partial charge >= 0.3 is 0 Å². The molecule has 8 nitrogen and oxygen atoms in total. The first-order chi connectivity index (χ1) is 21.8. The van der Waals surface area contributed by atoms with Gasteiger partial charge in [0, 0.05) is 31.9 Å². The van der Waals surface area contributed by atoms with Gasteiger partial charge in [-0.1, -0.05) is 73.9 Å².